The molecule has 0 aliphatic heterocycles. The van der Waals surface area contributed by atoms with Crippen LogP contribution in [0.15, 0.2) is 24.3 Å². The van der Waals surface area contributed by atoms with E-state index in [4.69, 9.17) is 46.1 Å². The Hall–Kier alpha value is -8.20. The smallest absolute Gasteiger partial charge is 0.306 e. The number of hydrogen-bond donors (Lipinski definition) is 12. The molecule has 2 rings (SSSR count). The fourth-order valence-corrected chi connectivity index (χ4v) is 12.4. The van der Waals surface area contributed by atoms with Crippen molar-refractivity contribution < 1.29 is 128 Å². The lowest BCUT2D eigenvalue weighted by Gasteiger charge is -2.28. The third-order valence-corrected chi connectivity index (χ3v) is 19.0. The van der Waals surface area contributed by atoms with Gasteiger partial charge in [-0.25, -0.2) is 5.31 Å². The first-order valence-corrected chi connectivity index (χ1v) is 40.0. The van der Waals surface area contributed by atoms with E-state index < -0.39 is 108 Å². The van der Waals surface area contributed by atoms with Gasteiger partial charge < -0.3 is 81.6 Å². The van der Waals surface area contributed by atoms with Crippen LogP contribution in [0.4, 0.5) is 4.53 Å². The van der Waals surface area contributed by atoms with Crippen LogP contribution < -0.4 is 32.3 Å². The molecule has 1 aromatic carbocycles. The number of Topliss-reactive ketones (excluding diaryl/α,β-unsaturated/α-hetero) is 4. The molecule has 32 heteroatoms. The molecule has 1 fully saturated rings. The van der Waals surface area contributed by atoms with Gasteiger partial charge >= 0.3 is 29.8 Å². The summed E-state index contributed by atoms with van der Waals surface area (Å²) in [6.45, 7) is 7.80. The Morgan fingerprint density at radius 3 is 1.48 bits per heavy atom. The summed E-state index contributed by atoms with van der Waals surface area (Å²) in [5.74, 6) is -11.5. The molecule has 0 spiro atoms. The van der Waals surface area contributed by atoms with Crippen molar-refractivity contribution in [3.8, 4) is 0 Å². The van der Waals surface area contributed by atoms with Crippen LogP contribution in [-0.4, -0.2) is 203 Å². The maximum absolute atomic E-state index is 13.4. The first kappa shape index (κ1) is 105. The van der Waals surface area contributed by atoms with Gasteiger partial charge in [-0.05, 0) is 135 Å². The summed E-state index contributed by atoms with van der Waals surface area (Å²) >= 11 is 0. The van der Waals surface area contributed by atoms with Crippen LogP contribution in [0.5, 0.6) is 0 Å². The highest BCUT2D eigenvalue weighted by Gasteiger charge is 2.33. The molecular formula is C81H135FN6O25. The molecule has 1 saturated carbocycles. The molecule has 5 unspecified atom stereocenters. The van der Waals surface area contributed by atoms with Crippen LogP contribution in [-0.2, 0) is 86.1 Å². The number of primary amides is 1. The number of carbonyl (C=O) groups is 15. The molecule has 13 N–H and O–H groups in total. The van der Waals surface area contributed by atoms with Crippen molar-refractivity contribution in [1.82, 2.24) is 26.6 Å². The minimum atomic E-state index is -1.38. The summed E-state index contributed by atoms with van der Waals surface area (Å²) in [6, 6.07) is 4.47. The van der Waals surface area contributed by atoms with Gasteiger partial charge in [0.2, 0.25) is 29.5 Å². The molecule has 113 heavy (non-hydrogen) atoms. The maximum atomic E-state index is 13.4. The van der Waals surface area contributed by atoms with E-state index in [1.165, 1.54) is 71.6 Å². The topological polar surface area (TPSA) is 501 Å². The van der Waals surface area contributed by atoms with Crippen molar-refractivity contribution in [2.45, 2.75) is 297 Å². The number of unbranched alkanes of at least 4 members (excludes halogenated alkanes) is 16. The minimum Gasteiger partial charge on any atom is -0.481 e. The van der Waals surface area contributed by atoms with Crippen LogP contribution in [0.2, 0.25) is 0 Å². The summed E-state index contributed by atoms with van der Waals surface area (Å²) in [7, 11) is 1.25. The second-order valence-corrected chi connectivity index (χ2v) is 28.9. The number of aliphatic carboxylic acids is 5. The Bertz CT molecular complexity index is 2920. The minimum absolute atomic E-state index is 0.0198. The monoisotopic (exact) mass is 1610 g/mol. The van der Waals surface area contributed by atoms with Crippen molar-refractivity contribution in [3.05, 3.63) is 35.4 Å². The Morgan fingerprint density at radius 1 is 0.478 bits per heavy atom. The summed E-state index contributed by atoms with van der Waals surface area (Å²) in [4.78, 5) is 180. The predicted octanol–water partition coefficient (Wildman–Crippen LogP) is 9.76. The lowest BCUT2D eigenvalue weighted by atomic mass is 9.78. The fourth-order valence-electron chi connectivity index (χ4n) is 12.4. The highest BCUT2D eigenvalue weighted by atomic mass is 19.3. The molecule has 5 atom stereocenters. The Balaban J connectivity index is 0. The van der Waals surface area contributed by atoms with Gasteiger partial charge in [-0.15, -0.1) is 0 Å². The molecule has 1 aliphatic carbocycles. The first-order chi connectivity index (χ1) is 54.6. The second kappa shape index (κ2) is 69.3. The van der Waals surface area contributed by atoms with E-state index in [1.807, 2.05) is 19.1 Å². The van der Waals surface area contributed by atoms with E-state index >= 15 is 0 Å². The number of ketones is 4. The molecule has 0 radical (unpaired) electrons. The highest BCUT2D eigenvalue weighted by Crippen LogP contribution is 2.31. The van der Waals surface area contributed by atoms with Crippen LogP contribution in [0.1, 0.15) is 289 Å². The van der Waals surface area contributed by atoms with Crippen molar-refractivity contribution in [1.29, 1.82) is 0 Å². The summed E-state index contributed by atoms with van der Waals surface area (Å²) in [6.07, 6.45) is 22.1. The summed E-state index contributed by atoms with van der Waals surface area (Å²) in [5.41, 5.74) is 7.07. The lowest BCUT2D eigenvalue weighted by molar-refractivity contribution is -0.145. The van der Waals surface area contributed by atoms with E-state index in [9.17, 15) is 87.2 Å². The fraction of sp³-hybridized carbons (Fsp3) is 0.741. The lowest BCUT2D eigenvalue weighted by Crippen LogP contribution is -2.45. The van der Waals surface area contributed by atoms with Crippen LogP contribution in [0.25, 0.3) is 0 Å². The number of carboxylic acids is 5. The zero-order valence-corrected chi connectivity index (χ0v) is 67.4. The SMILES string of the molecule is CC(=O)CCCOCCOCC(=O)CCCOCCOCC(=O)NC(CCCCNC(=O)c1ccc(C)cc1)C(N)=O.CC(CCC(=O)O)NC(=O)C(CCC(=O)O)CC(=O)C(CCC(=O)O)NC(=O)CCC(CC(=O)C1CCC(CNC(=O)CCCCCCCCCCCCCCCCCCC(=O)O)CC1)C(=O)O.OF.[3H]C. The number of rotatable bonds is 69. The Morgan fingerprint density at radius 2 is 0.956 bits per heavy atom. The number of benzene rings is 1. The molecule has 0 heterocycles. The third-order valence-electron chi connectivity index (χ3n) is 19.0. The number of amides is 6. The maximum Gasteiger partial charge on any atom is 0.306 e. The highest BCUT2D eigenvalue weighted by molar-refractivity contribution is 5.95. The number of nitrogens with two attached hydrogens (primary N) is 1. The Kier molecular flexibility index (Phi) is 64.3. The zero-order valence-electron chi connectivity index (χ0n) is 68.4. The van der Waals surface area contributed by atoms with Gasteiger partial charge in [0.1, 0.15) is 30.8 Å². The normalized spacial score (nSPS) is 14.3. The van der Waals surface area contributed by atoms with Gasteiger partial charge in [-0.2, -0.15) is 0 Å². The number of carboxylic acid groups (broad SMARTS) is 5. The van der Waals surface area contributed by atoms with Crippen molar-refractivity contribution >= 4 is 88.4 Å². The largest absolute Gasteiger partial charge is 0.481 e. The van der Waals surface area contributed by atoms with Crippen molar-refractivity contribution in [3.63, 3.8) is 0 Å². The number of nitrogens with one attached hydrogen (secondary N) is 5. The number of hydrogen-bond acceptors (Lipinski definition) is 20. The third kappa shape index (κ3) is 61.9. The Labute approximate surface area is 667 Å². The molecule has 0 bridgehead atoms. The van der Waals surface area contributed by atoms with Gasteiger partial charge in [0.05, 0.1) is 38.4 Å². The van der Waals surface area contributed by atoms with Gasteiger partial charge in [-0.3, -0.25) is 67.1 Å². The number of ether oxygens (including phenoxy) is 4. The molecule has 1 aromatic rings. The average molecular weight is 1610 g/mol. The standard InChI is InChI=1S/C50H83N3O15.C30H47N3O9.CH4.FHO/c1-35(20-29-46(60)61)52-49(66)38(26-30-47(62)63)32-42(55)40(27-31-48(64)65)53-44(57)28-25-39(50(67)68)33-41(54)37-23-21-36(22-24-37)34-51-43(56)18-16-14-12-10-8-6-4-2-3-5-7-9-11-13-15-17-19-45(58)59;1-23-10-12-25(13-11-23)30(38)32-14-4-3-9-27(29(31)37)33-28(36)22-42-20-18-40-16-6-8-26(35)21-41-19-17-39-15-5-7-24(2)34;;1-2/h35-40H,2-34H2,1H3,(H,51,56)(H,52,66)(H,53,57)(H,58,59)(H,60,61)(H,62,63)(H,64,65)(H,67,68);10-13,27H,3-9,14-22H2,1-2H3,(H2,31,37)(H,32,38)(H,33,36);1H4;2H/i;;1T;. The van der Waals surface area contributed by atoms with Crippen LogP contribution in [0, 0.1) is 30.6 Å². The molecule has 31 nitrogen and oxygen atoms in total. The first-order valence-electron chi connectivity index (χ1n) is 41.0. The van der Waals surface area contributed by atoms with Crippen LogP contribution in [0.3, 0.4) is 0 Å². The number of aryl methyl sites for hydroxylation is 1. The molecule has 0 aromatic heterocycles. The van der Waals surface area contributed by atoms with E-state index in [0.717, 1.165) is 44.1 Å². The molecule has 646 valence electrons. The zero-order chi connectivity index (χ0) is 85.7. The van der Waals surface area contributed by atoms with Crippen molar-refractivity contribution in [2.75, 3.05) is 65.9 Å². The van der Waals surface area contributed by atoms with E-state index in [-0.39, 0.29) is 119 Å². The molecule has 0 saturated heterocycles. The van der Waals surface area contributed by atoms with Crippen molar-refractivity contribution in [2.24, 2.45) is 29.4 Å². The van der Waals surface area contributed by atoms with Gasteiger partial charge in [0.15, 0.2) is 11.6 Å². The van der Waals surface area contributed by atoms with Gasteiger partial charge in [-0.1, -0.05) is 120 Å². The van der Waals surface area contributed by atoms with E-state index in [0.29, 0.717) is 122 Å². The van der Waals surface area contributed by atoms with Gasteiger partial charge in [0, 0.05) is 115 Å². The number of carbonyl (C=O) groups excluding carboxylic acids is 10. The van der Waals surface area contributed by atoms with Gasteiger partial charge in [0.25, 0.3) is 5.91 Å². The quantitative estimate of drug-likeness (QED) is 0.0270. The number of halogens is 1. The average Bonchev–Trinajstić information content (AvgIpc) is 0.879. The molecular weight excluding hydrogens is 1480 g/mol. The molecule has 1 aliphatic rings. The molecule has 6 amide bonds. The second-order valence-electron chi connectivity index (χ2n) is 28.9. The van der Waals surface area contributed by atoms with E-state index in [2.05, 4.69) is 26.6 Å². The summed E-state index contributed by atoms with van der Waals surface area (Å²) < 4.78 is 35.5. The summed E-state index contributed by atoms with van der Waals surface area (Å²) in [5, 5.41) is 65.0. The van der Waals surface area contributed by atoms with E-state index in [1.54, 1.807) is 26.0 Å². The predicted molar refractivity (Wildman–Crippen MR) is 418 cm³/mol. The van der Waals surface area contributed by atoms with Crippen LogP contribution >= 0.6 is 0 Å².